The van der Waals surface area contributed by atoms with E-state index in [0.717, 1.165) is 37.1 Å². The van der Waals surface area contributed by atoms with Crippen LogP contribution >= 0.6 is 11.6 Å². The number of hydrogen-bond donors (Lipinski definition) is 1. The molecule has 2 aromatic heterocycles. The number of anilines is 1. The average molecular weight is 408 g/mol. The van der Waals surface area contributed by atoms with Crippen molar-refractivity contribution in [2.75, 3.05) is 18.0 Å². The largest absolute Gasteiger partial charge is 0.341 e. The zero-order chi connectivity index (χ0) is 20.1. The van der Waals surface area contributed by atoms with Gasteiger partial charge in [-0.1, -0.05) is 29.8 Å². The first kappa shape index (κ1) is 19.3. The lowest BCUT2D eigenvalue weighted by atomic mass is 10.00. The number of rotatable bonds is 5. The Balaban J connectivity index is 1.54. The van der Waals surface area contributed by atoms with Crippen LogP contribution in [0.4, 0.5) is 5.95 Å². The van der Waals surface area contributed by atoms with E-state index in [4.69, 9.17) is 11.6 Å². The third-order valence-electron chi connectivity index (χ3n) is 5.04. The fraction of sp³-hybridized carbons (Fsp3) is 0.273. The smallest absolute Gasteiger partial charge is 0.255 e. The molecule has 3 aromatic rings. The van der Waals surface area contributed by atoms with Crippen LogP contribution in [0.3, 0.4) is 0 Å². The minimum Gasteiger partial charge on any atom is -0.341 e. The van der Waals surface area contributed by atoms with Gasteiger partial charge in [-0.3, -0.25) is 9.78 Å². The Morgan fingerprint density at radius 2 is 1.69 bits per heavy atom. The first-order valence-electron chi connectivity index (χ1n) is 9.74. The first-order valence-corrected chi connectivity index (χ1v) is 10.1. The van der Waals surface area contributed by atoms with E-state index in [1.165, 1.54) is 6.42 Å². The van der Waals surface area contributed by atoms with Gasteiger partial charge in [0.1, 0.15) is 0 Å². The van der Waals surface area contributed by atoms with E-state index in [9.17, 15) is 4.79 Å². The van der Waals surface area contributed by atoms with Gasteiger partial charge in [-0.25, -0.2) is 9.97 Å². The molecule has 148 valence electrons. The molecule has 0 spiro atoms. The summed E-state index contributed by atoms with van der Waals surface area (Å²) >= 11 is 6.02. The molecule has 7 heteroatoms. The van der Waals surface area contributed by atoms with Crippen molar-refractivity contribution in [3.05, 3.63) is 82.9 Å². The lowest BCUT2D eigenvalue weighted by Crippen LogP contribution is -2.32. The SMILES string of the molecule is O=C(N[C@@H](c1ccc(Cl)cc1)c1cccnc1)c1cnc(N2CCCCC2)nc1. The van der Waals surface area contributed by atoms with Gasteiger partial charge in [-0.15, -0.1) is 0 Å². The summed E-state index contributed by atoms with van der Waals surface area (Å²) in [6.07, 6.45) is 10.2. The normalized spacial score (nSPS) is 15.0. The second-order valence-corrected chi connectivity index (χ2v) is 7.50. The molecule has 3 heterocycles. The molecule has 0 radical (unpaired) electrons. The number of hydrogen-bond acceptors (Lipinski definition) is 5. The van der Waals surface area contributed by atoms with Gasteiger partial charge in [-0.05, 0) is 48.6 Å². The zero-order valence-electron chi connectivity index (χ0n) is 16.0. The number of aromatic nitrogens is 3. The number of benzene rings is 1. The monoisotopic (exact) mass is 407 g/mol. The van der Waals surface area contributed by atoms with Crippen LogP contribution in [0.15, 0.2) is 61.2 Å². The van der Waals surface area contributed by atoms with E-state index in [0.29, 0.717) is 16.5 Å². The molecule has 0 aliphatic carbocycles. The van der Waals surface area contributed by atoms with E-state index in [-0.39, 0.29) is 11.9 Å². The lowest BCUT2D eigenvalue weighted by molar-refractivity contribution is 0.0942. The van der Waals surface area contributed by atoms with Gasteiger partial charge < -0.3 is 10.2 Å². The zero-order valence-corrected chi connectivity index (χ0v) is 16.7. The molecule has 6 nitrogen and oxygen atoms in total. The molecule has 1 aromatic carbocycles. The summed E-state index contributed by atoms with van der Waals surface area (Å²) in [6, 6.07) is 10.8. The lowest BCUT2D eigenvalue weighted by Gasteiger charge is -2.26. The quantitative estimate of drug-likeness (QED) is 0.691. The minimum atomic E-state index is -0.352. The molecule has 1 amide bonds. The molecule has 0 unspecified atom stereocenters. The van der Waals surface area contributed by atoms with Crippen molar-refractivity contribution in [1.82, 2.24) is 20.3 Å². The third kappa shape index (κ3) is 4.71. The van der Waals surface area contributed by atoms with Gasteiger partial charge in [0.25, 0.3) is 5.91 Å². The maximum atomic E-state index is 12.9. The molecule has 4 rings (SSSR count). The summed E-state index contributed by atoms with van der Waals surface area (Å²) in [5, 5.41) is 3.71. The molecule has 0 bridgehead atoms. The summed E-state index contributed by atoms with van der Waals surface area (Å²) in [7, 11) is 0. The molecule has 1 fully saturated rings. The summed E-state index contributed by atoms with van der Waals surface area (Å²) in [5.74, 6) is 0.446. The Labute approximate surface area is 175 Å². The standard InChI is InChI=1S/C22H22ClN5O/c23-19-8-6-16(7-9-19)20(17-5-4-10-24-13-17)27-21(29)18-14-25-22(26-15-18)28-11-2-1-3-12-28/h4-10,13-15,20H,1-3,11-12H2,(H,27,29)/t20-/m0/s1. The predicted molar refractivity (Wildman–Crippen MR) is 113 cm³/mol. The molecular formula is C22H22ClN5O. The van der Waals surface area contributed by atoms with E-state index in [1.807, 2.05) is 36.4 Å². The summed E-state index contributed by atoms with van der Waals surface area (Å²) in [4.78, 5) is 28.1. The van der Waals surface area contributed by atoms with Gasteiger partial charge in [0.05, 0.1) is 11.6 Å². The molecule has 1 atom stereocenters. The van der Waals surface area contributed by atoms with Crippen LogP contribution < -0.4 is 10.2 Å². The predicted octanol–water partition coefficient (Wildman–Crippen LogP) is 4.03. The Morgan fingerprint density at radius 3 is 2.34 bits per heavy atom. The van der Waals surface area contributed by atoms with E-state index < -0.39 is 0 Å². The molecule has 29 heavy (non-hydrogen) atoms. The van der Waals surface area contributed by atoms with Crippen LogP contribution in [-0.4, -0.2) is 33.9 Å². The fourth-order valence-corrected chi connectivity index (χ4v) is 3.60. The van der Waals surface area contributed by atoms with Crippen molar-refractivity contribution < 1.29 is 4.79 Å². The number of pyridine rings is 1. The van der Waals surface area contributed by atoms with Crippen LogP contribution in [0.1, 0.15) is 46.8 Å². The molecule has 1 aliphatic heterocycles. The highest BCUT2D eigenvalue weighted by Gasteiger charge is 2.19. The van der Waals surface area contributed by atoms with Gasteiger partial charge in [0.15, 0.2) is 0 Å². The van der Waals surface area contributed by atoms with Crippen LogP contribution in [0, 0.1) is 0 Å². The number of halogens is 1. The van der Waals surface area contributed by atoms with Crippen molar-refractivity contribution in [1.29, 1.82) is 0 Å². The van der Waals surface area contributed by atoms with Gasteiger partial charge in [0, 0.05) is 42.9 Å². The Kier molecular flexibility index (Phi) is 6.00. The number of amides is 1. The highest BCUT2D eigenvalue weighted by atomic mass is 35.5. The Hall–Kier alpha value is -2.99. The number of carbonyl (C=O) groups excluding carboxylic acids is 1. The summed E-state index contributed by atoms with van der Waals surface area (Å²) in [6.45, 7) is 1.93. The maximum absolute atomic E-state index is 12.9. The second-order valence-electron chi connectivity index (χ2n) is 7.06. The Morgan fingerprint density at radius 1 is 0.966 bits per heavy atom. The van der Waals surface area contributed by atoms with E-state index in [1.54, 1.807) is 24.8 Å². The minimum absolute atomic E-state index is 0.237. The van der Waals surface area contributed by atoms with Crippen molar-refractivity contribution in [2.45, 2.75) is 25.3 Å². The highest BCUT2D eigenvalue weighted by Crippen LogP contribution is 2.24. The van der Waals surface area contributed by atoms with Crippen molar-refractivity contribution >= 4 is 23.5 Å². The van der Waals surface area contributed by atoms with Crippen molar-refractivity contribution in [3.8, 4) is 0 Å². The molecular weight excluding hydrogens is 386 g/mol. The van der Waals surface area contributed by atoms with Crippen LogP contribution in [0.2, 0.25) is 5.02 Å². The fourth-order valence-electron chi connectivity index (χ4n) is 3.47. The van der Waals surface area contributed by atoms with Crippen LogP contribution in [-0.2, 0) is 0 Å². The Bertz CT molecular complexity index is 941. The second kappa shape index (κ2) is 9.01. The van der Waals surface area contributed by atoms with Gasteiger partial charge in [0.2, 0.25) is 5.95 Å². The van der Waals surface area contributed by atoms with Crippen molar-refractivity contribution in [3.63, 3.8) is 0 Å². The molecule has 0 saturated carbocycles. The highest BCUT2D eigenvalue weighted by molar-refractivity contribution is 6.30. The van der Waals surface area contributed by atoms with Crippen LogP contribution in [0.25, 0.3) is 0 Å². The topological polar surface area (TPSA) is 71.0 Å². The van der Waals surface area contributed by atoms with Gasteiger partial charge >= 0.3 is 0 Å². The van der Waals surface area contributed by atoms with E-state index >= 15 is 0 Å². The van der Waals surface area contributed by atoms with E-state index in [2.05, 4.69) is 25.2 Å². The average Bonchev–Trinajstić information content (AvgIpc) is 2.79. The molecule has 1 N–H and O–H groups in total. The molecule has 1 aliphatic rings. The van der Waals surface area contributed by atoms with Gasteiger partial charge in [-0.2, -0.15) is 0 Å². The summed E-state index contributed by atoms with van der Waals surface area (Å²) in [5.41, 5.74) is 2.23. The summed E-state index contributed by atoms with van der Waals surface area (Å²) < 4.78 is 0. The maximum Gasteiger partial charge on any atom is 0.255 e. The third-order valence-corrected chi connectivity index (χ3v) is 5.29. The number of nitrogens with one attached hydrogen (secondary N) is 1. The molecule has 1 saturated heterocycles. The first-order chi connectivity index (χ1) is 14.2. The number of carbonyl (C=O) groups is 1. The number of nitrogens with zero attached hydrogens (tertiary/aromatic N) is 4. The number of piperidine rings is 1. The van der Waals surface area contributed by atoms with Crippen molar-refractivity contribution in [2.24, 2.45) is 0 Å². The van der Waals surface area contributed by atoms with Crippen LogP contribution in [0.5, 0.6) is 0 Å².